The second-order valence-electron chi connectivity index (χ2n) is 20.5. The predicted octanol–water partition coefficient (Wildman–Crippen LogP) is 20.4. The van der Waals surface area contributed by atoms with E-state index in [1.807, 2.05) is 127 Å². The zero-order chi connectivity index (χ0) is 62.6. The third-order valence-electron chi connectivity index (χ3n) is 16.5. The fraction of sp³-hybridized carbons (Fsp3) is 0. The number of hydrogen-bond acceptors (Lipinski definition) is 3. The average molecular weight is 1070 g/mol. The minimum absolute atomic E-state index is 0.136. The quantitative estimate of drug-likeness (QED) is 0.161. The first kappa shape index (κ1) is 36.1. The molecule has 18 aromatic rings. The van der Waals surface area contributed by atoms with Crippen molar-refractivity contribution in [2.24, 2.45) is 0 Å². The molecular weight excluding hydrogens is 1020 g/mol. The van der Waals surface area contributed by atoms with E-state index in [1.54, 1.807) is 11.3 Å². The standard InChI is InChI=1S/C74H40N6OS/c1-76-66-67(79-62-32-16-9-25-49(62)52-36-38-54-50-26-10-17-33-64(50)81-73(54)69(52)79)57(42-75)68(77-58-28-12-5-21-45(58)46-22-6-13-29-59(46)77)72(71(66)78-60-30-14-7-23-47(60)48-24-8-15-31-61(48)78)80-63-40-35-44(43-19-3-2-4-20-43)41-56(63)53-37-39-55-51-27-11-18-34-65(51)82-74(55)70(53)80/h2-41H/i9D,10D,16D,17D,25D,26D,32D,33D,36D,38D. The number of benzene rings is 12. The van der Waals surface area contributed by atoms with Crippen LogP contribution in [0.5, 0.6) is 0 Å². The van der Waals surface area contributed by atoms with Crippen LogP contribution >= 0.6 is 11.3 Å². The Bertz CT molecular complexity index is 6300. The molecule has 18 rings (SSSR count). The maximum atomic E-state index is 13.0. The van der Waals surface area contributed by atoms with Crippen LogP contribution in [0.4, 0.5) is 5.69 Å². The van der Waals surface area contributed by atoms with Crippen LogP contribution in [-0.4, -0.2) is 18.3 Å². The largest absolute Gasteiger partial charge is 0.454 e. The maximum absolute atomic E-state index is 13.0. The average Bonchev–Trinajstić information content (AvgIpc) is 1.48. The van der Waals surface area contributed by atoms with Crippen molar-refractivity contribution >= 4 is 146 Å². The Morgan fingerprint density at radius 2 is 0.976 bits per heavy atom. The minimum atomic E-state index is -0.665. The van der Waals surface area contributed by atoms with Gasteiger partial charge in [-0.2, -0.15) is 5.26 Å². The molecule has 6 aromatic heterocycles. The van der Waals surface area contributed by atoms with Crippen molar-refractivity contribution in [1.29, 1.82) is 5.26 Å². The molecule has 0 aliphatic rings. The molecule has 82 heavy (non-hydrogen) atoms. The highest BCUT2D eigenvalue weighted by Crippen LogP contribution is 2.54. The molecule has 0 bridgehead atoms. The Hall–Kier alpha value is -11.2. The van der Waals surface area contributed by atoms with Crippen molar-refractivity contribution < 1.29 is 18.1 Å². The summed E-state index contributed by atoms with van der Waals surface area (Å²) in [6, 6.07) is 57.5. The lowest BCUT2D eigenvalue weighted by molar-refractivity contribution is 0.671. The van der Waals surface area contributed by atoms with Gasteiger partial charge in [0, 0.05) is 69.3 Å². The van der Waals surface area contributed by atoms with Gasteiger partial charge in [0.25, 0.3) is 0 Å². The van der Waals surface area contributed by atoms with E-state index in [0.29, 0.717) is 27.8 Å². The van der Waals surface area contributed by atoms with Gasteiger partial charge >= 0.3 is 0 Å². The fourth-order valence-corrected chi connectivity index (χ4v) is 14.4. The summed E-state index contributed by atoms with van der Waals surface area (Å²) < 4.78 is 111. The number of fused-ring (bicyclic) bond motifs is 20. The maximum Gasteiger partial charge on any atom is 0.237 e. The second kappa shape index (κ2) is 16.7. The van der Waals surface area contributed by atoms with E-state index in [9.17, 15) is 22.8 Å². The van der Waals surface area contributed by atoms with E-state index in [-0.39, 0.29) is 72.1 Å². The summed E-state index contributed by atoms with van der Waals surface area (Å²) in [6.07, 6.45) is 0. The van der Waals surface area contributed by atoms with E-state index < -0.39 is 60.4 Å². The number of nitriles is 1. The van der Waals surface area contributed by atoms with E-state index in [2.05, 4.69) is 79.2 Å². The molecule has 0 spiro atoms. The molecule has 0 amide bonds. The van der Waals surface area contributed by atoms with Crippen molar-refractivity contribution in [2.75, 3.05) is 0 Å². The third-order valence-corrected chi connectivity index (χ3v) is 17.7. The summed E-state index contributed by atoms with van der Waals surface area (Å²) in [5, 5.41) is 19.4. The Morgan fingerprint density at radius 3 is 1.66 bits per heavy atom. The molecule has 0 aliphatic heterocycles. The van der Waals surface area contributed by atoms with Crippen LogP contribution in [0, 0.1) is 17.9 Å². The topological polar surface area (TPSA) is 61.0 Å². The molecule has 8 heteroatoms. The number of para-hydroxylation sites is 6. The third kappa shape index (κ3) is 5.84. The van der Waals surface area contributed by atoms with Gasteiger partial charge in [-0.15, -0.1) is 11.3 Å². The van der Waals surface area contributed by atoms with Gasteiger partial charge in [-0.05, 0) is 71.7 Å². The van der Waals surface area contributed by atoms with Crippen molar-refractivity contribution in [3.8, 4) is 39.9 Å². The van der Waals surface area contributed by atoms with E-state index >= 15 is 0 Å². The fourth-order valence-electron chi connectivity index (χ4n) is 13.2. The van der Waals surface area contributed by atoms with Gasteiger partial charge in [-0.25, -0.2) is 4.85 Å². The number of hydrogen-bond donors (Lipinski definition) is 0. The Labute approximate surface area is 485 Å². The van der Waals surface area contributed by atoms with Crippen LogP contribution in [0.15, 0.2) is 247 Å². The van der Waals surface area contributed by atoms with Crippen LogP contribution < -0.4 is 0 Å². The van der Waals surface area contributed by atoms with Crippen LogP contribution in [0.2, 0.25) is 0 Å². The summed E-state index contributed by atoms with van der Waals surface area (Å²) in [4.78, 5) is 4.67. The Morgan fingerprint density at radius 1 is 0.415 bits per heavy atom. The lowest BCUT2D eigenvalue weighted by Gasteiger charge is -2.27. The summed E-state index contributed by atoms with van der Waals surface area (Å²) >= 11 is 1.64. The van der Waals surface area contributed by atoms with Gasteiger partial charge in [0.15, 0.2) is 5.58 Å². The highest BCUT2D eigenvalue weighted by atomic mass is 32.1. The first-order valence-electron chi connectivity index (χ1n) is 31.6. The summed E-state index contributed by atoms with van der Waals surface area (Å²) in [5.41, 5.74) is 5.67. The van der Waals surface area contributed by atoms with Gasteiger partial charge in [0.2, 0.25) is 5.69 Å². The monoisotopic (exact) mass is 1070 g/mol. The van der Waals surface area contributed by atoms with Crippen molar-refractivity contribution in [1.82, 2.24) is 18.3 Å². The van der Waals surface area contributed by atoms with Crippen LogP contribution in [0.1, 0.15) is 19.3 Å². The van der Waals surface area contributed by atoms with E-state index in [4.69, 9.17) is 7.16 Å². The van der Waals surface area contributed by atoms with Gasteiger partial charge < -0.3 is 22.7 Å². The van der Waals surface area contributed by atoms with Gasteiger partial charge in [-0.3, -0.25) is 0 Å². The first-order valence-corrected chi connectivity index (χ1v) is 27.4. The summed E-state index contributed by atoms with van der Waals surface area (Å²) in [6.45, 7) is 10.1. The van der Waals surface area contributed by atoms with Crippen LogP contribution in [0.25, 0.3) is 168 Å². The zero-order valence-corrected chi connectivity index (χ0v) is 43.6. The molecule has 0 N–H and O–H groups in total. The molecule has 6 heterocycles. The second-order valence-corrected chi connectivity index (χ2v) is 21.5. The zero-order valence-electron chi connectivity index (χ0n) is 52.8. The van der Waals surface area contributed by atoms with E-state index in [1.165, 1.54) is 4.57 Å². The van der Waals surface area contributed by atoms with Crippen molar-refractivity contribution in [3.63, 3.8) is 0 Å². The first-order chi connectivity index (χ1) is 44.8. The Kier molecular flexibility index (Phi) is 7.34. The molecule has 7 nitrogen and oxygen atoms in total. The lowest BCUT2D eigenvalue weighted by Crippen LogP contribution is -2.14. The SMILES string of the molecule is [2H]c1c([2H])c([2H])c2c(oc3c2c([2H])c([2H])c2c4c([2H])c([2H])c([2H])c([2H])c4n(-c4c(C#N)c(-n5c6ccccc6c6ccccc65)c(-n5c6ccc(-c7ccccc7)cc6c6ccc7c8ccccc8sc7c65)c(-n5c6ccccc6c6ccccc65)c4[N+]#[C-])c32)c1[2H]. The van der Waals surface area contributed by atoms with Gasteiger partial charge in [0.1, 0.15) is 11.7 Å². The molecule has 0 saturated carbocycles. The molecule has 0 radical (unpaired) electrons. The van der Waals surface area contributed by atoms with Crippen LogP contribution in [-0.2, 0) is 0 Å². The number of thiophene rings is 1. The number of aromatic nitrogens is 4. The molecule has 0 saturated heterocycles. The van der Waals surface area contributed by atoms with Crippen molar-refractivity contribution in [2.45, 2.75) is 0 Å². The molecule has 0 aliphatic carbocycles. The Balaban J connectivity index is 1.19. The normalized spacial score (nSPS) is 13.8. The molecule has 378 valence electrons. The highest BCUT2D eigenvalue weighted by molar-refractivity contribution is 7.26. The van der Waals surface area contributed by atoms with Crippen molar-refractivity contribution in [3.05, 3.63) is 259 Å². The molecule has 0 unspecified atom stereocenters. The molecule has 0 atom stereocenters. The number of furan rings is 1. The summed E-state index contributed by atoms with van der Waals surface area (Å²) in [5.74, 6) is 0. The lowest BCUT2D eigenvalue weighted by atomic mass is 10.0. The number of rotatable bonds is 5. The van der Waals surface area contributed by atoms with Gasteiger partial charge in [-0.1, -0.05) is 182 Å². The van der Waals surface area contributed by atoms with Gasteiger partial charge in [0.05, 0.1) is 97.4 Å². The van der Waals surface area contributed by atoms with Crippen LogP contribution in [0.3, 0.4) is 0 Å². The number of nitrogens with zero attached hydrogens (tertiary/aromatic N) is 6. The molecule has 12 aromatic carbocycles. The summed E-state index contributed by atoms with van der Waals surface area (Å²) in [7, 11) is 0. The smallest absolute Gasteiger partial charge is 0.237 e. The minimum Gasteiger partial charge on any atom is -0.454 e. The molecular formula is C74H40N6OS. The molecule has 0 fully saturated rings. The highest BCUT2D eigenvalue weighted by Gasteiger charge is 2.36. The van der Waals surface area contributed by atoms with E-state index in [0.717, 1.165) is 74.6 Å². The predicted molar refractivity (Wildman–Crippen MR) is 340 cm³/mol.